The van der Waals surface area contributed by atoms with Crippen LogP contribution in [0.1, 0.15) is 25.7 Å². The molecule has 0 atom stereocenters. The minimum absolute atomic E-state index is 0.138. The highest BCUT2D eigenvalue weighted by molar-refractivity contribution is 7.99. The first-order valence-corrected chi connectivity index (χ1v) is 9.59. The Kier molecular flexibility index (Phi) is 4.93. The Morgan fingerprint density at radius 2 is 2.15 bits per heavy atom. The van der Waals surface area contributed by atoms with Crippen molar-refractivity contribution in [3.05, 3.63) is 53.0 Å². The van der Waals surface area contributed by atoms with Gasteiger partial charge >= 0.3 is 5.69 Å². The average molecular weight is 387 g/mol. The van der Waals surface area contributed by atoms with E-state index in [0.29, 0.717) is 15.6 Å². The van der Waals surface area contributed by atoms with Gasteiger partial charge in [0.25, 0.3) is 0 Å². The number of fused-ring (bicyclic) bond motifs is 1. The fourth-order valence-electron chi connectivity index (χ4n) is 3.22. The number of rotatable bonds is 5. The van der Waals surface area contributed by atoms with Gasteiger partial charge in [0.15, 0.2) is 5.65 Å². The van der Waals surface area contributed by atoms with Gasteiger partial charge in [0.05, 0.1) is 0 Å². The molecular formula is C18H18FN5O2S. The molecule has 0 bridgehead atoms. The van der Waals surface area contributed by atoms with E-state index in [1.165, 1.54) is 40.7 Å². The zero-order valence-electron chi connectivity index (χ0n) is 14.5. The molecule has 1 N–H and O–H groups in total. The van der Waals surface area contributed by atoms with E-state index in [0.717, 1.165) is 30.4 Å². The number of benzene rings is 1. The zero-order chi connectivity index (χ0) is 18.8. The lowest BCUT2D eigenvalue weighted by Gasteiger charge is -2.10. The molecule has 27 heavy (non-hydrogen) atoms. The van der Waals surface area contributed by atoms with Gasteiger partial charge in [0, 0.05) is 23.3 Å². The van der Waals surface area contributed by atoms with E-state index in [9.17, 15) is 14.0 Å². The molecule has 2 aromatic heterocycles. The van der Waals surface area contributed by atoms with Crippen LogP contribution < -0.4 is 11.0 Å². The number of nitrogens with one attached hydrogen (secondary N) is 1. The molecule has 1 aromatic carbocycles. The van der Waals surface area contributed by atoms with Crippen LogP contribution in [0.5, 0.6) is 0 Å². The number of halogens is 1. The number of amides is 1. The van der Waals surface area contributed by atoms with E-state index >= 15 is 0 Å². The van der Waals surface area contributed by atoms with Crippen molar-refractivity contribution in [3.8, 4) is 0 Å². The van der Waals surface area contributed by atoms with Gasteiger partial charge in [-0.2, -0.15) is 0 Å². The van der Waals surface area contributed by atoms with Crippen molar-refractivity contribution in [3.63, 3.8) is 0 Å². The van der Waals surface area contributed by atoms with Gasteiger partial charge in [-0.25, -0.2) is 23.3 Å². The Morgan fingerprint density at radius 1 is 1.33 bits per heavy atom. The number of hydrogen-bond acceptors (Lipinski definition) is 5. The summed E-state index contributed by atoms with van der Waals surface area (Å²) in [4.78, 5) is 29.7. The minimum Gasteiger partial charge on any atom is -0.352 e. The van der Waals surface area contributed by atoms with Crippen LogP contribution in [-0.4, -0.2) is 31.1 Å². The van der Waals surface area contributed by atoms with Gasteiger partial charge in [0.1, 0.15) is 17.4 Å². The third-order valence-corrected chi connectivity index (χ3v) is 5.46. The first-order chi connectivity index (χ1) is 13.1. The molecule has 4 rings (SSSR count). The van der Waals surface area contributed by atoms with E-state index in [1.807, 2.05) is 0 Å². The summed E-state index contributed by atoms with van der Waals surface area (Å²) in [6.45, 7) is -0.138. The highest BCUT2D eigenvalue weighted by atomic mass is 32.2. The summed E-state index contributed by atoms with van der Waals surface area (Å²) < 4.78 is 15.9. The quantitative estimate of drug-likeness (QED) is 0.726. The number of nitrogens with zero attached hydrogens (tertiary/aromatic N) is 4. The van der Waals surface area contributed by atoms with Gasteiger partial charge in [-0.3, -0.25) is 4.79 Å². The van der Waals surface area contributed by atoms with Gasteiger partial charge in [-0.05, 0) is 31.0 Å². The molecule has 1 saturated carbocycles. The third-order valence-electron chi connectivity index (χ3n) is 4.49. The summed E-state index contributed by atoms with van der Waals surface area (Å²) in [5.74, 6) is -0.571. The second-order valence-electron chi connectivity index (χ2n) is 6.47. The minimum atomic E-state index is -0.407. The molecule has 140 valence electrons. The third kappa shape index (κ3) is 3.87. The zero-order valence-corrected chi connectivity index (χ0v) is 15.3. The maximum absolute atomic E-state index is 13.4. The normalized spacial score (nSPS) is 14.7. The number of carbonyl (C=O) groups is 1. The predicted molar refractivity (Wildman–Crippen MR) is 98.2 cm³/mol. The molecule has 1 fully saturated rings. The lowest BCUT2D eigenvalue weighted by atomic mass is 10.2. The molecule has 9 heteroatoms. The van der Waals surface area contributed by atoms with Crippen LogP contribution in [0.3, 0.4) is 0 Å². The van der Waals surface area contributed by atoms with Crippen molar-refractivity contribution in [1.29, 1.82) is 0 Å². The van der Waals surface area contributed by atoms with Crippen LogP contribution >= 0.6 is 11.8 Å². The molecule has 3 aromatic rings. The molecular weight excluding hydrogens is 369 g/mol. The van der Waals surface area contributed by atoms with Crippen LogP contribution in [0, 0.1) is 5.82 Å². The van der Waals surface area contributed by atoms with E-state index in [4.69, 9.17) is 0 Å². The maximum Gasteiger partial charge on any atom is 0.350 e. The Labute approximate surface area is 158 Å². The molecule has 1 amide bonds. The van der Waals surface area contributed by atoms with Crippen molar-refractivity contribution in [1.82, 2.24) is 24.5 Å². The number of carbonyl (C=O) groups excluding carboxylic acids is 1. The smallest absolute Gasteiger partial charge is 0.350 e. The van der Waals surface area contributed by atoms with Gasteiger partial charge in [-0.15, -0.1) is 5.10 Å². The Morgan fingerprint density at radius 3 is 2.93 bits per heavy atom. The van der Waals surface area contributed by atoms with E-state index in [-0.39, 0.29) is 24.3 Å². The monoisotopic (exact) mass is 387 g/mol. The van der Waals surface area contributed by atoms with Crippen molar-refractivity contribution < 1.29 is 9.18 Å². The standard InChI is InChI=1S/C18H18FN5O2S/c19-12-4-3-7-14(10-12)27-17-16-22-24(18(26)23(16)9-8-20-17)11-15(25)21-13-5-1-2-6-13/h3-4,7-10,13H,1-2,5-6,11H2,(H,21,25). The SMILES string of the molecule is O=C(Cn1nc2c(Sc3cccc(F)c3)nccn2c1=O)NC1CCCC1. The highest BCUT2D eigenvalue weighted by Crippen LogP contribution is 2.28. The summed E-state index contributed by atoms with van der Waals surface area (Å²) in [6.07, 6.45) is 7.18. The number of hydrogen-bond donors (Lipinski definition) is 1. The summed E-state index contributed by atoms with van der Waals surface area (Å²) in [6, 6.07) is 6.30. The topological polar surface area (TPSA) is 81.3 Å². The molecule has 0 radical (unpaired) electrons. The van der Waals surface area contributed by atoms with Crippen LogP contribution in [0.15, 0.2) is 51.4 Å². The van der Waals surface area contributed by atoms with Crippen molar-refractivity contribution in [2.75, 3.05) is 0 Å². The largest absolute Gasteiger partial charge is 0.352 e. The molecule has 0 spiro atoms. The molecule has 0 unspecified atom stereocenters. The van der Waals surface area contributed by atoms with E-state index in [1.54, 1.807) is 12.1 Å². The first kappa shape index (κ1) is 17.7. The average Bonchev–Trinajstić information content (AvgIpc) is 3.25. The highest BCUT2D eigenvalue weighted by Gasteiger charge is 2.19. The van der Waals surface area contributed by atoms with Crippen LogP contribution in [-0.2, 0) is 11.3 Å². The fraction of sp³-hybridized carbons (Fsp3) is 0.333. The second kappa shape index (κ2) is 7.51. The van der Waals surface area contributed by atoms with Gasteiger partial charge in [0.2, 0.25) is 5.91 Å². The summed E-state index contributed by atoms with van der Waals surface area (Å²) in [5.41, 5.74) is -0.0690. The van der Waals surface area contributed by atoms with Crippen molar-refractivity contribution in [2.24, 2.45) is 0 Å². The lowest BCUT2D eigenvalue weighted by molar-refractivity contribution is -0.122. The maximum atomic E-state index is 13.4. The van der Waals surface area contributed by atoms with Crippen LogP contribution in [0.2, 0.25) is 0 Å². The Bertz CT molecular complexity index is 1040. The summed E-state index contributed by atoms with van der Waals surface area (Å²) in [7, 11) is 0. The van der Waals surface area contributed by atoms with Crippen molar-refractivity contribution >= 4 is 23.3 Å². The van der Waals surface area contributed by atoms with Crippen LogP contribution in [0.25, 0.3) is 5.65 Å². The predicted octanol–water partition coefficient (Wildman–Crippen LogP) is 2.24. The number of aromatic nitrogens is 4. The fourth-order valence-corrected chi connectivity index (χ4v) is 4.11. The van der Waals surface area contributed by atoms with Crippen molar-refractivity contribution in [2.45, 2.75) is 48.2 Å². The molecule has 0 saturated heterocycles. The lowest BCUT2D eigenvalue weighted by Crippen LogP contribution is -2.37. The molecule has 2 heterocycles. The van der Waals surface area contributed by atoms with Gasteiger partial charge in [-0.1, -0.05) is 30.7 Å². The first-order valence-electron chi connectivity index (χ1n) is 8.77. The molecule has 7 nitrogen and oxygen atoms in total. The van der Waals surface area contributed by atoms with E-state index < -0.39 is 5.69 Å². The molecule has 1 aliphatic carbocycles. The summed E-state index contributed by atoms with van der Waals surface area (Å²) >= 11 is 1.21. The Balaban J connectivity index is 1.59. The summed E-state index contributed by atoms with van der Waals surface area (Å²) in [5, 5.41) is 7.69. The second-order valence-corrected chi connectivity index (χ2v) is 7.54. The van der Waals surface area contributed by atoms with Crippen LogP contribution in [0.4, 0.5) is 4.39 Å². The molecule has 0 aliphatic heterocycles. The van der Waals surface area contributed by atoms with E-state index in [2.05, 4.69) is 15.4 Å². The van der Waals surface area contributed by atoms with Gasteiger partial charge < -0.3 is 5.32 Å². The Hall–Kier alpha value is -2.68. The molecule has 1 aliphatic rings.